The average Bonchev–Trinajstić information content (AvgIpc) is 3.50. The van der Waals surface area contributed by atoms with Gasteiger partial charge in [0.1, 0.15) is 16.4 Å². The zero-order chi connectivity index (χ0) is 21.3. The molecule has 3 rings (SSSR count). The van der Waals surface area contributed by atoms with Crippen molar-refractivity contribution < 1.29 is 28.5 Å². The van der Waals surface area contributed by atoms with Gasteiger partial charge in [0.05, 0.1) is 17.9 Å². The molecule has 29 heavy (non-hydrogen) atoms. The maximum Gasteiger partial charge on any atom is 0.257 e. The van der Waals surface area contributed by atoms with E-state index in [2.05, 4.69) is 15.9 Å². The van der Waals surface area contributed by atoms with Gasteiger partial charge in [-0.3, -0.25) is 4.79 Å². The maximum absolute atomic E-state index is 12.9. The Morgan fingerprint density at radius 3 is 2.52 bits per heavy atom. The number of benzene rings is 2. The van der Waals surface area contributed by atoms with E-state index < -0.39 is 27.2 Å². The molecule has 7 nitrogen and oxygen atoms in total. The second-order valence-corrected chi connectivity index (χ2v) is 10.0. The van der Waals surface area contributed by atoms with Crippen molar-refractivity contribution >= 4 is 31.7 Å². The number of hydrogen-bond donors (Lipinski definition) is 3. The van der Waals surface area contributed by atoms with Crippen LogP contribution in [-0.2, 0) is 15.6 Å². The number of amides is 1. The molecular weight excluding hydrogens is 462 g/mol. The molecule has 1 aliphatic carbocycles. The third-order valence-electron chi connectivity index (χ3n) is 4.87. The molecule has 1 amide bonds. The van der Waals surface area contributed by atoms with E-state index in [1.807, 2.05) is 0 Å². The maximum atomic E-state index is 12.9. The van der Waals surface area contributed by atoms with Gasteiger partial charge >= 0.3 is 0 Å². The van der Waals surface area contributed by atoms with Crippen LogP contribution in [0.5, 0.6) is 11.5 Å². The molecule has 0 aliphatic heterocycles. The molecule has 0 bridgehead atoms. The molecule has 2 aromatic carbocycles. The van der Waals surface area contributed by atoms with Crippen molar-refractivity contribution in [1.82, 2.24) is 4.90 Å². The fraction of sp³-hybridized carbons (Fsp3) is 0.350. The second-order valence-electron chi connectivity index (χ2n) is 7.17. The number of halogens is 1. The molecule has 1 saturated carbocycles. The van der Waals surface area contributed by atoms with Crippen molar-refractivity contribution in [3.63, 3.8) is 0 Å². The summed E-state index contributed by atoms with van der Waals surface area (Å²) < 4.78 is 26.3. The Bertz CT molecular complexity index is 1050. The van der Waals surface area contributed by atoms with E-state index in [1.54, 1.807) is 12.1 Å². The minimum atomic E-state index is -3.99. The van der Waals surface area contributed by atoms with E-state index in [9.17, 15) is 23.4 Å². The Labute approximate surface area is 177 Å². The summed E-state index contributed by atoms with van der Waals surface area (Å²) in [7, 11) is -2.49. The molecule has 156 valence electrons. The van der Waals surface area contributed by atoms with Crippen LogP contribution in [0.4, 0.5) is 0 Å². The molecule has 0 unspecified atom stereocenters. The summed E-state index contributed by atoms with van der Waals surface area (Å²) in [5.41, 5.74) is 0.913. The van der Waals surface area contributed by atoms with Gasteiger partial charge in [0.2, 0.25) is 0 Å². The SMILES string of the molecule is CN(CCO)C(=O)c1cc(C2CC2)cc(CS(=O)(=O)c2cc(Br)ccc2O)c1O. The number of phenols is 2. The standard InChI is InChI=1S/C20H22BrNO6S/c1-22(6-7-23)20(26)16-9-13(12-2-3-12)8-14(19(16)25)11-29(27,28)18-10-15(21)4-5-17(18)24/h4-5,8-10,12,23-25H,2-3,6-7,11H2,1H3. The number of aromatic hydroxyl groups is 2. The van der Waals surface area contributed by atoms with Gasteiger partial charge in [0.15, 0.2) is 9.84 Å². The zero-order valence-corrected chi connectivity index (χ0v) is 18.2. The van der Waals surface area contributed by atoms with E-state index in [0.29, 0.717) is 4.47 Å². The van der Waals surface area contributed by atoms with Gasteiger partial charge in [0, 0.05) is 23.6 Å². The van der Waals surface area contributed by atoms with Gasteiger partial charge < -0.3 is 20.2 Å². The molecule has 0 heterocycles. The number of sulfone groups is 1. The second kappa shape index (κ2) is 8.33. The molecule has 0 radical (unpaired) electrons. The number of hydrogen-bond acceptors (Lipinski definition) is 6. The molecular formula is C20H22BrNO6S. The Balaban J connectivity index is 2.04. The summed E-state index contributed by atoms with van der Waals surface area (Å²) in [6.45, 7) is -0.139. The first kappa shape index (κ1) is 21.6. The monoisotopic (exact) mass is 483 g/mol. The topological polar surface area (TPSA) is 115 Å². The number of aliphatic hydroxyl groups is 1. The highest BCUT2D eigenvalue weighted by Gasteiger charge is 2.30. The van der Waals surface area contributed by atoms with Crippen LogP contribution in [0.25, 0.3) is 0 Å². The number of phenolic OH excluding ortho intramolecular Hbond substituents is 2. The molecule has 3 N–H and O–H groups in total. The summed E-state index contributed by atoms with van der Waals surface area (Å²) in [4.78, 5) is 13.7. The lowest BCUT2D eigenvalue weighted by atomic mass is 10.0. The summed E-state index contributed by atoms with van der Waals surface area (Å²) in [6, 6.07) is 7.30. The Morgan fingerprint density at radius 1 is 1.21 bits per heavy atom. The van der Waals surface area contributed by atoms with Crippen LogP contribution in [0.2, 0.25) is 0 Å². The van der Waals surface area contributed by atoms with Gasteiger partial charge in [-0.15, -0.1) is 0 Å². The molecule has 0 aromatic heterocycles. The van der Waals surface area contributed by atoms with E-state index in [0.717, 1.165) is 18.4 Å². The molecule has 0 spiro atoms. The Kier molecular flexibility index (Phi) is 6.21. The molecule has 0 atom stereocenters. The lowest BCUT2D eigenvalue weighted by Crippen LogP contribution is -2.29. The first-order valence-corrected chi connectivity index (χ1v) is 11.5. The van der Waals surface area contributed by atoms with E-state index in [4.69, 9.17) is 5.11 Å². The normalized spacial score (nSPS) is 14.0. The molecule has 1 fully saturated rings. The summed E-state index contributed by atoms with van der Waals surface area (Å²) >= 11 is 3.19. The summed E-state index contributed by atoms with van der Waals surface area (Å²) in [5.74, 6) is -1.62. The number of nitrogens with zero attached hydrogens (tertiary/aromatic N) is 1. The summed E-state index contributed by atoms with van der Waals surface area (Å²) in [5, 5.41) is 29.8. The number of carbonyl (C=O) groups is 1. The van der Waals surface area contributed by atoms with Crippen LogP contribution >= 0.6 is 15.9 Å². The lowest BCUT2D eigenvalue weighted by molar-refractivity contribution is 0.0763. The fourth-order valence-corrected chi connectivity index (χ4v) is 5.11. The van der Waals surface area contributed by atoms with Crippen LogP contribution in [0.15, 0.2) is 39.7 Å². The highest BCUT2D eigenvalue weighted by Crippen LogP contribution is 2.43. The molecule has 9 heteroatoms. The van der Waals surface area contributed by atoms with Crippen molar-refractivity contribution in [2.75, 3.05) is 20.2 Å². The van der Waals surface area contributed by atoms with Gasteiger partial charge in [-0.2, -0.15) is 0 Å². The van der Waals surface area contributed by atoms with E-state index in [1.165, 1.54) is 30.1 Å². The van der Waals surface area contributed by atoms with Crippen LogP contribution in [0.3, 0.4) is 0 Å². The first-order chi connectivity index (χ1) is 13.6. The molecule has 1 aliphatic rings. The van der Waals surface area contributed by atoms with E-state index in [-0.39, 0.29) is 40.8 Å². The number of likely N-dealkylation sites (N-methyl/N-ethyl adjacent to an activating group) is 1. The van der Waals surface area contributed by atoms with Gasteiger partial charge in [-0.1, -0.05) is 22.0 Å². The van der Waals surface area contributed by atoms with Crippen molar-refractivity contribution in [3.8, 4) is 11.5 Å². The highest BCUT2D eigenvalue weighted by molar-refractivity contribution is 9.10. The highest BCUT2D eigenvalue weighted by atomic mass is 79.9. The van der Waals surface area contributed by atoms with Gasteiger partial charge in [-0.05, 0) is 48.6 Å². The lowest BCUT2D eigenvalue weighted by Gasteiger charge is -2.19. The third kappa shape index (κ3) is 4.73. The van der Waals surface area contributed by atoms with E-state index >= 15 is 0 Å². The van der Waals surface area contributed by atoms with Crippen LogP contribution in [0.1, 0.15) is 40.2 Å². The van der Waals surface area contributed by atoms with Gasteiger partial charge in [0.25, 0.3) is 5.91 Å². The predicted molar refractivity (Wildman–Crippen MR) is 111 cm³/mol. The van der Waals surface area contributed by atoms with Gasteiger partial charge in [-0.25, -0.2) is 8.42 Å². The fourth-order valence-electron chi connectivity index (χ4n) is 3.12. The number of rotatable bonds is 7. The zero-order valence-electron chi connectivity index (χ0n) is 15.8. The van der Waals surface area contributed by atoms with Crippen molar-refractivity contribution in [2.24, 2.45) is 0 Å². The van der Waals surface area contributed by atoms with Crippen molar-refractivity contribution in [3.05, 3.63) is 51.5 Å². The first-order valence-electron chi connectivity index (χ1n) is 9.07. The summed E-state index contributed by atoms with van der Waals surface area (Å²) in [6.07, 6.45) is 1.87. The third-order valence-corrected chi connectivity index (χ3v) is 7.06. The smallest absolute Gasteiger partial charge is 0.257 e. The average molecular weight is 484 g/mol. The van der Waals surface area contributed by atoms with Crippen LogP contribution in [0, 0.1) is 0 Å². The minimum Gasteiger partial charge on any atom is -0.507 e. The van der Waals surface area contributed by atoms with Crippen LogP contribution < -0.4 is 0 Å². The van der Waals surface area contributed by atoms with Crippen molar-refractivity contribution in [1.29, 1.82) is 0 Å². The molecule has 0 saturated heterocycles. The predicted octanol–water partition coefficient (Wildman–Crippen LogP) is 2.78. The number of carbonyl (C=O) groups excluding carboxylic acids is 1. The molecule has 2 aromatic rings. The Morgan fingerprint density at radius 2 is 1.90 bits per heavy atom. The quantitative estimate of drug-likeness (QED) is 0.557. The largest absolute Gasteiger partial charge is 0.507 e. The van der Waals surface area contributed by atoms with Crippen molar-refractivity contribution in [2.45, 2.75) is 29.4 Å². The Hall–Kier alpha value is -2.10. The van der Waals surface area contributed by atoms with Crippen LogP contribution in [-0.4, -0.2) is 54.7 Å². The minimum absolute atomic E-state index is 0.00835. The number of aliphatic hydroxyl groups excluding tert-OH is 1.